The Morgan fingerprint density at radius 3 is 2.34 bits per heavy atom. The van der Waals surface area contributed by atoms with Crippen LogP contribution in [0.15, 0.2) is 36.4 Å². The van der Waals surface area contributed by atoms with Gasteiger partial charge < -0.3 is 10.0 Å². The maximum atomic E-state index is 11.7. The summed E-state index contributed by atoms with van der Waals surface area (Å²) in [6, 6.07) is 12.4. The highest BCUT2D eigenvalue weighted by Crippen LogP contribution is 2.45. The van der Waals surface area contributed by atoms with Crippen LogP contribution in [0.3, 0.4) is 0 Å². The summed E-state index contributed by atoms with van der Waals surface area (Å²) in [7, 11) is 0. The van der Waals surface area contributed by atoms with Crippen molar-refractivity contribution in [3.63, 3.8) is 0 Å². The normalized spacial score (nSPS) is 24.5. The summed E-state index contributed by atoms with van der Waals surface area (Å²) in [6.45, 7) is 4.80. The van der Waals surface area contributed by atoms with Crippen molar-refractivity contribution >= 4 is 28.6 Å². The summed E-state index contributed by atoms with van der Waals surface area (Å²) in [6.07, 6.45) is 8.79. The lowest BCUT2D eigenvalue weighted by Gasteiger charge is -2.48. The number of fused-ring (bicyclic) bond motifs is 1. The Labute approximate surface area is 210 Å². The Hall–Kier alpha value is -2.48. The van der Waals surface area contributed by atoms with Crippen LogP contribution in [0.5, 0.6) is 0 Å². The summed E-state index contributed by atoms with van der Waals surface area (Å²) in [5.41, 5.74) is 2.27. The molecular formula is C27H32ClN5O2. The van der Waals surface area contributed by atoms with E-state index < -0.39 is 5.97 Å². The Morgan fingerprint density at radius 2 is 1.69 bits per heavy atom. The molecule has 2 saturated heterocycles. The summed E-state index contributed by atoms with van der Waals surface area (Å²) < 4.78 is 1.76. The molecule has 2 aromatic heterocycles. The summed E-state index contributed by atoms with van der Waals surface area (Å²) in [4.78, 5) is 21.5. The maximum Gasteiger partial charge on any atom is 0.354 e. The second-order valence-electron chi connectivity index (χ2n) is 10.2. The van der Waals surface area contributed by atoms with Crippen molar-refractivity contribution in [1.82, 2.24) is 24.6 Å². The number of nitrogens with zero attached hydrogens (tertiary/aromatic N) is 5. The van der Waals surface area contributed by atoms with E-state index in [0.717, 1.165) is 48.7 Å². The third kappa shape index (κ3) is 4.24. The summed E-state index contributed by atoms with van der Waals surface area (Å²) in [5.74, 6) is -0.807. The molecule has 0 bridgehead atoms. The van der Waals surface area contributed by atoms with Gasteiger partial charge in [0, 0.05) is 18.0 Å². The second-order valence-corrected chi connectivity index (χ2v) is 10.6. The van der Waals surface area contributed by atoms with Crippen LogP contribution in [0, 0.1) is 0 Å². The number of likely N-dealkylation sites (tertiary alicyclic amines) is 2. The third-order valence-corrected chi connectivity index (χ3v) is 8.60. The number of aromatic nitrogens is 3. The fourth-order valence-corrected chi connectivity index (χ4v) is 6.60. The first-order chi connectivity index (χ1) is 17.1. The molecule has 7 nitrogen and oxygen atoms in total. The van der Waals surface area contributed by atoms with E-state index >= 15 is 0 Å². The molecule has 8 heteroatoms. The lowest BCUT2D eigenvalue weighted by molar-refractivity contribution is 0.0369. The number of carbonyl (C=O) groups is 1. The molecule has 3 fully saturated rings. The van der Waals surface area contributed by atoms with Gasteiger partial charge in [-0.2, -0.15) is 5.10 Å². The predicted molar refractivity (Wildman–Crippen MR) is 137 cm³/mol. The fraction of sp³-hybridized carbons (Fsp3) is 0.519. The zero-order valence-electron chi connectivity index (χ0n) is 19.9. The van der Waals surface area contributed by atoms with Gasteiger partial charge in [-0.15, -0.1) is 0 Å². The molecule has 1 saturated carbocycles. The number of halogens is 1. The quantitative estimate of drug-likeness (QED) is 0.541. The third-order valence-electron chi connectivity index (χ3n) is 8.30. The van der Waals surface area contributed by atoms with Gasteiger partial charge in [0.1, 0.15) is 0 Å². The highest BCUT2D eigenvalue weighted by Gasteiger charge is 2.41. The highest BCUT2D eigenvalue weighted by molar-refractivity contribution is 6.35. The first kappa shape index (κ1) is 23.0. The van der Waals surface area contributed by atoms with Gasteiger partial charge in [0.25, 0.3) is 0 Å². The standard InChI is InChI=1S/C27H32ClN5O2/c28-21-17-22(27(34)35)29-26-24(21)25(30-33(26)19-7-3-1-4-8-19)20-9-10-23(20)32-15-11-18(12-16-32)31-13-5-2-6-14-31/h1,3-4,7-8,17-18,20,23H,2,5-6,9-16H2,(H,34,35). The van der Waals surface area contributed by atoms with Crippen LogP contribution in [0.1, 0.15) is 67.0 Å². The smallest absolute Gasteiger partial charge is 0.354 e. The number of para-hydroxylation sites is 1. The molecule has 6 rings (SSSR count). The molecule has 2 aliphatic heterocycles. The van der Waals surface area contributed by atoms with Gasteiger partial charge in [0.05, 0.1) is 21.8 Å². The Bertz CT molecular complexity index is 1220. The molecular weight excluding hydrogens is 462 g/mol. The lowest BCUT2D eigenvalue weighted by Crippen LogP contribution is -2.53. The van der Waals surface area contributed by atoms with E-state index in [4.69, 9.17) is 16.7 Å². The van der Waals surface area contributed by atoms with Crippen LogP contribution >= 0.6 is 11.6 Å². The lowest BCUT2D eigenvalue weighted by atomic mass is 9.75. The molecule has 2 atom stereocenters. The van der Waals surface area contributed by atoms with Crippen LogP contribution in [0.4, 0.5) is 0 Å². The van der Waals surface area contributed by atoms with E-state index in [-0.39, 0.29) is 11.6 Å². The Morgan fingerprint density at radius 1 is 0.943 bits per heavy atom. The molecule has 3 aliphatic rings. The van der Waals surface area contributed by atoms with Crippen molar-refractivity contribution < 1.29 is 9.90 Å². The number of benzene rings is 1. The molecule has 0 spiro atoms. The van der Waals surface area contributed by atoms with Crippen molar-refractivity contribution in [2.45, 2.75) is 62.9 Å². The maximum absolute atomic E-state index is 11.7. The number of carboxylic acids is 1. The molecule has 3 aromatic rings. The molecule has 2 unspecified atom stereocenters. The Balaban J connectivity index is 1.29. The molecule has 1 N–H and O–H groups in total. The molecule has 1 aromatic carbocycles. The van der Waals surface area contributed by atoms with Crippen LogP contribution in [0.2, 0.25) is 5.02 Å². The first-order valence-corrected chi connectivity index (χ1v) is 13.3. The van der Waals surface area contributed by atoms with Crippen LogP contribution in [-0.2, 0) is 0 Å². The van der Waals surface area contributed by atoms with E-state index in [1.807, 2.05) is 30.3 Å². The minimum atomic E-state index is -1.09. The number of hydrogen-bond acceptors (Lipinski definition) is 5. The second kappa shape index (κ2) is 9.52. The largest absolute Gasteiger partial charge is 0.477 e. The van der Waals surface area contributed by atoms with Crippen molar-refractivity contribution in [1.29, 1.82) is 0 Å². The Kier molecular flexibility index (Phi) is 6.25. The molecule has 1 aliphatic carbocycles. The van der Waals surface area contributed by atoms with Gasteiger partial charge >= 0.3 is 5.97 Å². The van der Waals surface area contributed by atoms with Gasteiger partial charge in [-0.1, -0.05) is 36.2 Å². The monoisotopic (exact) mass is 493 g/mol. The number of aromatic carboxylic acids is 1. The molecule has 184 valence electrons. The molecule has 0 radical (unpaired) electrons. The van der Waals surface area contributed by atoms with E-state index in [9.17, 15) is 9.90 Å². The van der Waals surface area contributed by atoms with Gasteiger partial charge in [-0.25, -0.2) is 14.5 Å². The number of pyridine rings is 1. The van der Waals surface area contributed by atoms with Crippen molar-refractivity contribution in [3.8, 4) is 5.69 Å². The van der Waals surface area contributed by atoms with Crippen molar-refractivity contribution in [2.75, 3.05) is 26.2 Å². The average Bonchev–Trinajstić information content (AvgIpc) is 3.24. The van der Waals surface area contributed by atoms with E-state index in [1.165, 1.54) is 51.3 Å². The SMILES string of the molecule is O=C(O)c1cc(Cl)c2c(C3CCC3N3CCC(N4CCCCC4)CC3)nn(-c3ccccc3)c2n1. The van der Waals surface area contributed by atoms with Gasteiger partial charge in [-0.05, 0) is 82.9 Å². The number of piperidine rings is 2. The molecule has 0 amide bonds. The number of rotatable bonds is 5. The molecule has 35 heavy (non-hydrogen) atoms. The van der Waals surface area contributed by atoms with Crippen molar-refractivity contribution in [3.05, 3.63) is 52.8 Å². The van der Waals surface area contributed by atoms with Gasteiger partial charge in [0.2, 0.25) is 0 Å². The van der Waals surface area contributed by atoms with Crippen LogP contribution in [-0.4, -0.2) is 73.9 Å². The van der Waals surface area contributed by atoms with Crippen LogP contribution in [0.25, 0.3) is 16.7 Å². The van der Waals surface area contributed by atoms with E-state index in [0.29, 0.717) is 16.7 Å². The van der Waals surface area contributed by atoms with E-state index in [2.05, 4.69) is 14.8 Å². The zero-order chi connectivity index (χ0) is 23.9. The van der Waals surface area contributed by atoms with Crippen molar-refractivity contribution in [2.24, 2.45) is 0 Å². The minimum Gasteiger partial charge on any atom is -0.477 e. The first-order valence-electron chi connectivity index (χ1n) is 13.0. The predicted octanol–water partition coefficient (Wildman–Crippen LogP) is 4.97. The van der Waals surface area contributed by atoms with Gasteiger partial charge in [0.15, 0.2) is 11.3 Å². The minimum absolute atomic E-state index is 0.0592. The zero-order valence-corrected chi connectivity index (χ0v) is 20.7. The van der Waals surface area contributed by atoms with Gasteiger partial charge in [-0.3, -0.25) is 4.90 Å². The average molecular weight is 494 g/mol. The summed E-state index contributed by atoms with van der Waals surface area (Å²) in [5, 5.41) is 15.8. The van der Waals surface area contributed by atoms with Crippen LogP contribution < -0.4 is 0 Å². The number of hydrogen-bond donors (Lipinski definition) is 1. The molecule has 4 heterocycles. The fourth-order valence-electron chi connectivity index (χ4n) is 6.32. The summed E-state index contributed by atoms with van der Waals surface area (Å²) >= 11 is 6.70. The number of carboxylic acid groups (broad SMARTS) is 1. The topological polar surface area (TPSA) is 74.5 Å². The van der Waals surface area contributed by atoms with E-state index in [1.54, 1.807) is 4.68 Å². The highest BCUT2D eigenvalue weighted by atomic mass is 35.5.